The first-order valence-electron chi connectivity index (χ1n) is 12.1. The Morgan fingerprint density at radius 1 is 0.806 bits per heavy atom. The number of carbonyl (C=O) groups excluding carboxylic acids is 2. The summed E-state index contributed by atoms with van der Waals surface area (Å²) in [6.45, 7) is 3.61. The van der Waals surface area contributed by atoms with E-state index in [1.54, 1.807) is 49.6 Å². The van der Waals surface area contributed by atoms with E-state index in [1.807, 2.05) is 30.3 Å². The molecule has 0 unspecified atom stereocenters. The van der Waals surface area contributed by atoms with Crippen molar-refractivity contribution in [1.82, 2.24) is 4.90 Å². The summed E-state index contributed by atoms with van der Waals surface area (Å²) in [4.78, 5) is 31.0. The van der Waals surface area contributed by atoms with Crippen LogP contribution in [0.15, 0.2) is 72.8 Å². The monoisotopic (exact) mass is 487 g/mol. The van der Waals surface area contributed by atoms with Gasteiger partial charge >= 0.3 is 6.03 Å². The van der Waals surface area contributed by atoms with Crippen molar-refractivity contribution in [1.29, 1.82) is 0 Å². The minimum absolute atomic E-state index is 0.0561. The number of amides is 3. The maximum atomic E-state index is 13.2. The number of nitrogens with zero attached hydrogens (tertiary/aromatic N) is 3. The van der Waals surface area contributed by atoms with Crippen molar-refractivity contribution in [3.8, 4) is 23.0 Å². The van der Waals surface area contributed by atoms with Crippen LogP contribution in [0.3, 0.4) is 0 Å². The van der Waals surface area contributed by atoms with Crippen LogP contribution in [-0.2, 0) is 4.79 Å². The molecular formula is C28H29N3O5. The van der Waals surface area contributed by atoms with Crippen molar-refractivity contribution in [3.05, 3.63) is 72.8 Å². The van der Waals surface area contributed by atoms with Gasteiger partial charge in [0.2, 0.25) is 0 Å². The number of anilines is 2. The molecule has 8 heteroatoms. The Kier molecular flexibility index (Phi) is 7.04. The highest BCUT2D eigenvalue weighted by Crippen LogP contribution is 2.35. The average molecular weight is 488 g/mol. The maximum absolute atomic E-state index is 13.2. The van der Waals surface area contributed by atoms with E-state index >= 15 is 0 Å². The first kappa shape index (κ1) is 23.7. The fourth-order valence-electron chi connectivity index (χ4n) is 4.48. The smallest absolute Gasteiger partial charge is 0.336 e. The van der Waals surface area contributed by atoms with E-state index in [0.717, 1.165) is 19.6 Å². The predicted octanol–water partition coefficient (Wildman–Crippen LogP) is 4.94. The number of ether oxygens (including phenoxy) is 3. The van der Waals surface area contributed by atoms with Gasteiger partial charge in [0.05, 0.1) is 12.8 Å². The Labute approximate surface area is 210 Å². The summed E-state index contributed by atoms with van der Waals surface area (Å²) in [5, 5.41) is 0. The Bertz CT molecular complexity index is 1210. The van der Waals surface area contributed by atoms with E-state index < -0.39 is 6.03 Å². The Balaban J connectivity index is 1.26. The largest absolute Gasteiger partial charge is 0.493 e. The van der Waals surface area contributed by atoms with Gasteiger partial charge in [0.1, 0.15) is 24.7 Å². The predicted molar refractivity (Wildman–Crippen MR) is 137 cm³/mol. The molecule has 5 rings (SSSR count). The maximum Gasteiger partial charge on any atom is 0.336 e. The highest BCUT2D eigenvalue weighted by molar-refractivity contribution is 6.27. The van der Waals surface area contributed by atoms with Gasteiger partial charge in [-0.05, 0) is 74.5 Å². The second kappa shape index (κ2) is 10.7. The minimum atomic E-state index is -0.415. The van der Waals surface area contributed by atoms with Crippen molar-refractivity contribution < 1.29 is 23.8 Å². The Hall–Kier alpha value is -4.04. The van der Waals surface area contributed by atoms with Crippen LogP contribution < -0.4 is 24.0 Å². The molecular weight excluding hydrogens is 458 g/mol. The van der Waals surface area contributed by atoms with Gasteiger partial charge in [-0.1, -0.05) is 18.2 Å². The number of benzene rings is 3. The fraction of sp³-hybridized carbons (Fsp3) is 0.286. The second-order valence-corrected chi connectivity index (χ2v) is 8.74. The molecule has 0 saturated carbocycles. The van der Waals surface area contributed by atoms with Crippen LogP contribution in [-0.4, -0.2) is 56.7 Å². The SMILES string of the molecule is COc1cc(N2CC(=O)N(c3ccc(Oc4ccccc4)cc3)C2=O)ccc1OCCN1CCCC1. The van der Waals surface area contributed by atoms with E-state index in [0.29, 0.717) is 41.0 Å². The van der Waals surface area contributed by atoms with Crippen LogP contribution in [0, 0.1) is 0 Å². The topological polar surface area (TPSA) is 71.5 Å². The summed E-state index contributed by atoms with van der Waals surface area (Å²) in [7, 11) is 1.56. The molecule has 36 heavy (non-hydrogen) atoms. The Morgan fingerprint density at radius 2 is 1.50 bits per heavy atom. The quantitative estimate of drug-likeness (QED) is 0.399. The van der Waals surface area contributed by atoms with Crippen molar-refractivity contribution >= 4 is 23.3 Å². The highest BCUT2D eigenvalue weighted by atomic mass is 16.5. The molecule has 2 aliphatic rings. The summed E-state index contributed by atoms with van der Waals surface area (Å²) in [5.41, 5.74) is 1.06. The lowest BCUT2D eigenvalue weighted by molar-refractivity contribution is -0.115. The summed E-state index contributed by atoms with van der Waals surface area (Å²) in [5.74, 6) is 2.16. The molecule has 8 nitrogen and oxygen atoms in total. The zero-order valence-electron chi connectivity index (χ0n) is 20.3. The zero-order valence-corrected chi connectivity index (χ0v) is 20.3. The molecule has 0 bridgehead atoms. The summed E-state index contributed by atoms with van der Waals surface area (Å²) >= 11 is 0. The molecule has 2 heterocycles. The number of hydrogen-bond acceptors (Lipinski definition) is 6. The molecule has 0 aliphatic carbocycles. The van der Waals surface area contributed by atoms with Crippen LogP contribution in [0.2, 0.25) is 0 Å². The number of hydrogen-bond donors (Lipinski definition) is 0. The van der Waals surface area contributed by atoms with Crippen LogP contribution in [0.4, 0.5) is 16.2 Å². The third-order valence-electron chi connectivity index (χ3n) is 6.36. The molecule has 186 valence electrons. The first-order chi connectivity index (χ1) is 17.6. The highest BCUT2D eigenvalue weighted by Gasteiger charge is 2.38. The molecule has 2 aliphatic heterocycles. The number of carbonyl (C=O) groups is 2. The second-order valence-electron chi connectivity index (χ2n) is 8.74. The van der Waals surface area contributed by atoms with Gasteiger partial charge in [-0.15, -0.1) is 0 Å². The van der Waals surface area contributed by atoms with Gasteiger partial charge in [0.25, 0.3) is 5.91 Å². The van der Waals surface area contributed by atoms with Crippen molar-refractivity contribution in [2.75, 3.05) is 49.7 Å². The Morgan fingerprint density at radius 3 is 2.22 bits per heavy atom. The number of likely N-dealkylation sites (tertiary alicyclic amines) is 1. The molecule has 0 atom stereocenters. The molecule has 2 fully saturated rings. The van der Waals surface area contributed by atoms with E-state index in [4.69, 9.17) is 14.2 Å². The number of imide groups is 1. The normalized spacial score (nSPS) is 16.0. The van der Waals surface area contributed by atoms with Gasteiger partial charge in [-0.25, -0.2) is 9.69 Å². The van der Waals surface area contributed by atoms with Crippen molar-refractivity contribution in [2.24, 2.45) is 0 Å². The third-order valence-corrected chi connectivity index (χ3v) is 6.36. The molecule has 3 amide bonds. The van der Waals surface area contributed by atoms with Gasteiger partial charge in [0, 0.05) is 18.3 Å². The van der Waals surface area contributed by atoms with Crippen LogP contribution >= 0.6 is 0 Å². The standard InChI is InChI=1S/C28H29N3O5/c1-34-26-19-22(11-14-25(26)35-18-17-29-15-5-6-16-29)30-20-27(32)31(28(30)33)21-9-12-24(13-10-21)36-23-7-3-2-4-8-23/h2-4,7-14,19H,5-6,15-18,20H2,1H3. The first-order valence-corrected chi connectivity index (χ1v) is 12.1. The summed E-state index contributed by atoms with van der Waals surface area (Å²) in [6.07, 6.45) is 2.48. The lowest BCUT2D eigenvalue weighted by Gasteiger charge is -2.20. The minimum Gasteiger partial charge on any atom is -0.493 e. The number of para-hydroxylation sites is 1. The zero-order chi connectivity index (χ0) is 24.9. The van der Waals surface area contributed by atoms with Crippen LogP contribution in [0.1, 0.15) is 12.8 Å². The third kappa shape index (κ3) is 5.13. The summed E-state index contributed by atoms with van der Waals surface area (Å²) < 4.78 is 17.3. The molecule has 3 aromatic rings. The molecule has 0 aromatic heterocycles. The van der Waals surface area contributed by atoms with Gasteiger partial charge in [-0.3, -0.25) is 14.6 Å². The number of urea groups is 1. The molecule has 0 spiro atoms. The number of rotatable bonds is 9. The summed E-state index contributed by atoms with van der Waals surface area (Å²) in [6, 6.07) is 21.2. The van der Waals surface area contributed by atoms with Crippen LogP contribution in [0.5, 0.6) is 23.0 Å². The van der Waals surface area contributed by atoms with E-state index in [2.05, 4.69) is 4.90 Å². The average Bonchev–Trinajstić information content (AvgIpc) is 3.53. The van der Waals surface area contributed by atoms with Crippen LogP contribution in [0.25, 0.3) is 0 Å². The molecule has 2 saturated heterocycles. The van der Waals surface area contributed by atoms with Crippen molar-refractivity contribution in [2.45, 2.75) is 12.8 Å². The van der Waals surface area contributed by atoms with Gasteiger partial charge in [-0.2, -0.15) is 0 Å². The lowest BCUT2D eigenvalue weighted by Crippen LogP contribution is -2.33. The fourth-order valence-corrected chi connectivity index (χ4v) is 4.48. The van der Waals surface area contributed by atoms with Gasteiger partial charge in [0.15, 0.2) is 11.5 Å². The molecule has 0 radical (unpaired) electrons. The number of methoxy groups -OCH3 is 1. The van der Waals surface area contributed by atoms with Gasteiger partial charge < -0.3 is 14.2 Å². The van der Waals surface area contributed by atoms with Crippen molar-refractivity contribution in [3.63, 3.8) is 0 Å². The molecule has 3 aromatic carbocycles. The van der Waals surface area contributed by atoms with E-state index in [-0.39, 0.29) is 12.5 Å². The molecule has 0 N–H and O–H groups in total. The lowest BCUT2D eigenvalue weighted by atomic mass is 10.2. The van der Waals surface area contributed by atoms with E-state index in [9.17, 15) is 9.59 Å². The van der Waals surface area contributed by atoms with E-state index in [1.165, 1.54) is 22.6 Å².